The average Bonchev–Trinajstić information content (AvgIpc) is 2.35. The summed E-state index contributed by atoms with van der Waals surface area (Å²) in [5, 5.41) is 0.689. The van der Waals surface area contributed by atoms with Crippen LogP contribution in [0.5, 0.6) is 5.75 Å². The van der Waals surface area contributed by atoms with Gasteiger partial charge in [-0.05, 0) is 19.1 Å². The Morgan fingerprint density at radius 1 is 1.18 bits per heavy atom. The first kappa shape index (κ1) is 14.4. The fourth-order valence-corrected chi connectivity index (χ4v) is 1.68. The molecule has 0 bridgehead atoms. The van der Waals surface area contributed by atoms with Gasteiger partial charge in [0.15, 0.2) is 0 Å². The van der Waals surface area contributed by atoms with Crippen LogP contribution in [0.15, 0.2) is 12.1 Å². The zero-order valence-electron chi connectivity index (χ0n) is 10.2. The Labute approximate surface area is 110 Å². The summed E-state index contributed by atoms with van der Waals surface area (Å²) < 4.78 is 15.8. The summed E-state index contributed by atoms with van der Waals surface area (Å²) in [5.41, 5.74) is 1.91. The number of halogens is 1. The second kappa shape index (κ2) is 8.44. The maximum Gasteiger partial charge on any atom is 0.141 e. The van der Waals surface area contributed by atoms with E-state index in [2.05, 4.69) is 20.9 Å². The molecule has 1 rings (SSSR count). The van der Waals surface area contributed by atoms with Gasteiger partial charge in [-0.25, -0.2) is 0 Å². The molecule has 0 saturated carbocycles. The van der Waals surface area contributed by atoms with Crippen molar-refractivity contribution in [2.24, 2.45) is 0 Å². The van der Waals surface area contributed by atoms with Gasteiger partial charge in [-0.3, -0.25) is 4.98 Å². The number of aryl methyl sites for hydroxylation is 1. The smallest absolute Gasteiger partial charge is 0.141 e. The Balaban J connectivity index is 2.31. The standard InChI is InChI=1S/C12H18BrNO3/c1-10-3-4-12(11(9-13)14-10)17-8-7-16-6-5-15-2/h3-4H,5-9H2,1-2H3. The summed E-state index contributed by atoms with van der Waals surface area (Å²) >= 11 is 3.40. The van der Waals surface area contributed by atoms with E-state index in [1.165, 1.54) is 0 Å². The van der Waals surface area contributed by atoms with E-state index in [1.54, 1.807) is 7.11 Å². The van der Waals surface area contributed by atoms with Crippen molar-refractivity contribution >= 4 is 15.9 Å². The molecule has 0 radical (unpaired) electrons. The minimum atomic E-state index is 0.522. The van der Waals surface area contributed by atoms with Crippen LogP contribution in [-0.2, 0) is 14.8 Å². The zero-order valence-corrected chi connectivity index (χ0v) is 11.8. The van der Waals surface area contributed by atoms with Gasteiger partial charge in [0.05, 0.1) is 25.5 Å². The highest BCUT2D eigenvalue weighted by atomic mass is 79.9. The topological polar surface area (TPSA) is 40.6 Å². The van der Waals surface area contributed by atoms with E-state index >= 15 is 0 Å². The van der Waals surface area contributed by atoms with Gasteiger partial charge in [-0.2, -0.15) is 0 Å². The van der Waals surface area contributed by atoms with Gasteiger partial charge in [0.25, 0.3) is 0 Å². The highest BCUT2D eigenvalue weighted by Crippen LogP contribution is 2.19. The SMILES string of the molecule is COCCOCCOc1ccc(C)nc1CBr. The summed E-state index contributed by atoms with van der Waals surface area (Å²) in [7, 11) is 1.65. The second-order valence-electron chi connectivity index (χ2n) is 3.48. The molecule has 0 aliphatic heterocycles. The van der Waals surface area contributed by atoms with E-state index in [9.17, 15) is 0 Å². The number of hydrogen-bond acceptors (Lipinski definition) is 4. The summed E-state index contributed by atoms with van der Waals surface area (Å²) in [6.45, 7) is 4.24. The van der Waals surface area contributed by atoms with E-state index in [0.717, 1.165) is 17.1 Å². The van der Waals surface area contributed by atoms with Crippen LogP contribution in [0.4, 0.5) is 0 Å². The lowest BCUT2D eigenvalue weighted by Crippen LogP contribution is -2.11. The predicted octanol–water partition coefficient (Wildman–Crippen LogP) is 2.33. The molecule has 0 aliphatic rings. The van der Waals surface area contributed by atoms with Crippen molar-refractivity contribution in [2.45, 2.75) is 12.3 Å². The molecule has 1 heterocycles. The number of ether oxygens (including phenoxy) is 3. The number of methoxy groups -OCH3 is 1. The normalized spacial score (nSPS) is 10.5. The third-order valence-corrected chi connectivity index (χ3v) is 2.65. The molecule has 17 heavy (non-hydrogen) atoms. The number of nitrogens with zero attached hydrogens (tertiary/aromatic N) is 1. The molecule has 0 aromatic carbocycles. The number of rotatable bonds is 8. The number of aromatic nitrogens is 1. The van der Waals surface area contributed by atoms with E-state index < -0.39 is 0 Å². The van der Waals surface area contributed by atoms with Gasteiger partial charge < -0.3 is 14.2 Å². The van der Waals surface area contributed by atoms with Crippen LogP contribution in [0.3, 0.4) is 0 Å². The van der Waals surface area contributed by atoms with Crippen LogP contribution in [0, 0.1) is 6.92 Å². The van der Waals surface area contributed by atoms with Crippen LogP contribution >= 0.6 is 15.9 Å². The van der Waals surface area contributed by atoms with Crippen molar-refractivity contribution in [1.29, 1.82) is 0 Å². The second-order valence-corrected chi connectivity index (χ2v) is 4.05. The van der Waals surface area contributed by atoms with Crippen LogP contribution in [-0.4, -0.2) is 38.5 Å². The molecule has 0 fully saturated rings. The first-order chi connectivity index (χ1) is 8.27. The van der Waals surface area contributed by atoms with Crippen molar-refractivity contribution < 1.29 is 14.2 Å². The minimum Gasteiger partial charge on any atom is -0.489 e. The largest absolute Gasteiger partial charge is 0.489 e. The highest BCUT2D eigenvalue weighted by Gasteiger charge is 2.04. The van der Waals surface area contributed by atoms with Crippen molar-refractivity contribution in [3.8, 4) is 5.75 Å². The molecule has 1 aromatic heterocycles. The lowest BCUT2D eigenvalue weighted by atomic mass is 10.3. The molecule has 0 N–H and O–H groups in total. The maximum atomic E-state index is 5.60. The Kier molecular flexibility index (Phi) is 7.16. The zero-order chi connectivity index (χ0) is 12.5. The van der Waals surface area contributed by atoms with Crippen LogP contribution < -0.4 is 4.74 Å². The number of hydrogen-bond donors (Lipinski definition) is 0. The van der Waals surface area contributed by atoms with Crippen LogP contribution in [0.25, 0.3) is 0 Å². The molecule has 1 aromatic rings. The Hall–Kier alpha value is -0.650. The predicted molar refractivity (Wildman–Crippen MR) is 69.8 cm³/mol. The van der Waals surface area contributed by atoms with Crippen molar-refractivity contribution in [3.05, 3.63) is 23.5 Å². The van der Waals surface area contributed by atoms with Gasteiger partial charge in [0, 0.05) is 18.1 Å². The van der Waals surface area contributed by atoms with Crippen molar-refractivity contribution in [3.63, 3.8) is 0 Å². The molecule has 5 heteroatoms. The van der Waals surface area contributed by atoms with Crippen molar-refractivity contribution in [1.82, 2.24) is 4.98 Å². The summed E-state index contributed by atoms with van der Waals surface area (Å²) in [5.74, 6) is 0.808. The molecule has 0 aliphatic carbocycles. The Morgan fingerprint density at radius 2 is 1.94 bits per heavy atom. The highest BCUT2D eigenvalue weighted by molar-refractivity contribution is 9.08. The molecular weight excluding hydrogens is 286 g/mol. The van der Waals surface area contributed by atoms with Gasteiger partial charge in [-0.1, -0.05) is 15.9 Å². The fraction of sp³-hybridized carbons (Fsp3) is 0.583. The molecule has 0 unspecified atom stereocenters. The molecule has 0 atom stereocenters. The van der Waals surface area contributed by atoms with Crippen LogP contribution in [0.1, 0.15) is 11.4 Å². The lowest BCUT2D eigenvalue weighted by Gasteiger charge is -2.10. The summed E-state index contributed by atoms with van der Waals surface area (Å²) in [6, 6.07) is 3.88. The van der Waals surface area contributed by atoms with E-state index in [-0.39, 0.29) is 0 Å². The van der Waals surface area contributed by atoms with Gasteiger partial charge in [0.2, 0.25) is 0 Å². The molecular formula is C12H18BrNO3. The maximum absolute atomic E-state index is 5.60. The molecule has 0 spiro atoms. The van der Waals surface area contributed by atoms with Crippen molar-refractivity contribution in [2.75, 3.05) is 33.5 Å². The fourth-order valence-electron chi connectivity index (χ4n) is 1.28. The van der Waals surface area contributed by atoms with Gasteiger partial charge in [0.1, 0.15) is 12.4 Å². The average molecular weight is 304 g/mol. The molecule has 4 nitrogen and oxygen atoms in total. The first-order valence-electron chi connectivity index (χ1n) is 5.50. The summed E-state index contributed by atoms with van der Waals surface area (Å²) in [4.78, 5) is 4.39. The third-order valence-electron chi connectivity index (χ3n) is 2.12. The lowest BCUT2D eigenvalue weighted by molar-refractivity contribution is 0.0542. The minimum absolute atomic E-state index is 0.522. The number of pyridine rings is 1. The van der Waals surface area contributed by atoms with E-state index in [4.69, 9.17) is 14.2 Å². The third kappa shape index (κ3) is 5.48. The van der Waals surface area contributed by atoms with E-state index in [1.807, 2.05) is 19.1 Å². The quantitative estimate of drug-likeness (QED) is 0.546. The first-order valence-corrected chi connectivity index (χ1v) is 6.62. The van der Waals surface area contributed by atoms with Gasteiger partial charge >= 0.3 is 0 Å². The molecule has 0 saturated heterocycles. The molecule has 0 amide bonds. The van der Waals surface area contributed by atoms with E-state index in [0.29, 0.717) is 31.8 Å². The monoisotopic (exact) mass is 303 g/mol. The Bertz CT molecular complexity index is 334. The Morgan fingerprint density at radius 3 is 2.65 bits per heavy atom. The van der Waals surface area contributed by atoms with Crippen LogP contribution in [0.2, 0.25) is 0 Å². The molecule has 96 valence electrons. The van der Waals surface area contributed by atoms with Gasteiger partial charge in [-0.15, -0.1) is 0 Å². The number of alkyl halides is 1. The summed E-state index contributed by atoms with van der Waals surface area (Å²) in [6.07, 6.45) is 0.